The van der Waals surface area contributed by atoms with Crippen LogP contribution in [0.3, 0.4) is 0 Å². The summed E-state index contributed by atoms with van der Waals surface area (Å²) in [5.41, 5.74) is 0.531. The topological polar surface area (TPSA) is 26.3 Å². The Bertz CT molecular complexity index is 332. The van der Waals surface area contributed by atoms with Crippen LogP contribution in [0.1, 0.15) is 10.4 Å². The Balaban J connectivity index is 3.13. The Hall–Kier alpha value is -1.83. The third-order valence-corrected chi connectivity index (χ3v) is 1.64. The van der Waals surface area contributed by atoms with Crippen molar-refractivity contribution in [1.82, 2.24) is 0 Å². The monoisotopic (exact) mass is 188 g/mol. The molecule has 0 bridgehead atoms. The molecule has 1 aromatic carbocycles. The van der Waals surface area contributed by atoms with Gasteiger partial charge in [-0.3, -0.25) is 0 Å². The zero-order chi connectivity index (χ0) is 10.2. The standard InChI is InChI=1S/C12H12O2/c1-14-12(13)11-9-7-5-3-2-4-6-8-10-11/h2-10H,1H3. The molecule has 0 heterocycles. The smallest absolute Gasteiger partial charge is 0.337 e. The van der Waals surface area contributed by atoms with E-state index < -0.39 is 0 Å². The molecule has 0 saturated carbocycles. The maximum absolute atomic E-state index is 11.2. The molecule has 14 heavy (non-hydrogen) atoms. The lowest BCUT2D eigenvalue weighted by molar-refractivity contribution is 0.0601. The lowest BCUT2D eigenvalue weighted by Crippen LogP contribution is -1.98. The predicted molar refractivity (Wildman–Crippen MR) is 55.4 cm³/mol. The van der Waals surface area contributed by atoms with Gasteiger partial charge in [-0.05, 0) is 12.1 Å². The van der Waals surface area contributed by atoms with Crippen molar-refractivity contribution in [1.29, 1.82) is 0 Å². The van der Waals surface area contributed by atoms with Gasteiger partial charge in [0.2, 0.25) is 0 Å². The van der Waals surface area contributed by atoms with Gasteiger partial charge in [0, 0.05) is 0 Å². The first-order valence-electron chi connectivity index (χ1n) is 4.31. The highest BCUT2D eigenvalue weighted by Gasteiger charge is 1.99. The SMILES string of the molecule is COC(=O)c1ccccccccc1. The van der Waals surface area contributed by atoms with E-state index in [2.05, 4.69) is 4.74 Å². The molecule has 0 unspecified atom stereocenters. The van der Waals surface area contributed by atoms with E-state index in [0.717, 1.165) is 0 Å². The molecular weight excluding hydrogens is 176 g/mol. The third-order valence-electron chi connectivity index (χ3n) is 1.64. The van der Waals surface area contributed by atoms with Gasteiger partial charge in [0.05, 0.1) is 12.7 Å². The second-order valence-electron chi connectivity index (χ2n) is 2.63. The number of hydrogen-bond acceptors (Lipinski definition) is 2. The molecule has 72 valence electrons. The number of carbonyl (C=O) groups excluding carboxylic acids is 1. The van der Waals surface area contributed by atoms with Crippen molar-refractivity contribution in [3.63, 3.8) is 0 Å². The molecule has 2 heteroatoms. The molecule has 0 aromatic heterocycles. The van der Waals surface area contributed by atoms with Crippen LogP contribution in [-0.4, -0.2) is 13.1 Å². The highest BCUT2D eigenvalue weighted by Crippen LogP contribution is 1.96. The van der Waals surface area contributed by atoms with Crippen molar-refractivity contribution in [2.45, 2.75) is 0 Å². The maximum Gasteiger partial charge on any atom is 0.337 e. The summed E-state index contributed by atoms with van der Waals surface area (Å²) in [6.07, 6.45) is 0. The van der Waals surface area contributed by atoms with Gasteiger partial charge >= 0.3 is 5.97 Å². The number of ether oxygens (including phenoxy) is 1. The average Bonchev–Trinajstić information content (AvgIpc) is 2.24. The van der Waals surface area contributed by atoms with Crippen LogP contribution in [0.4, 0.5) is 0 Å². The Labute approximate surface area is 83.5 Å². The van der Waals surface area contributed by atoms with E-state index in [1.165, 1.54) is 7.11 Å². The molecule has 2 nitrogen and oxygen atoms in total. The number of hydrogen-bond donors (Lipinski definition) is 0. The highest BCUT2D eigenvalue weighted by molar-refractivity contribution is 5.88. The quantitative estimate of drug-likeness (QED) is 0.633. The molecular formula is C12H12O2. The molecule has 0 radical (unpaired) electrons. The largest absolute Gasteiger partial charge is 0.465 e. The van der Waals surface area contributed by atoms with Gasteiger partial charge in [-0.2, -0.15) is 0 Å². The van der Waals surface area contributed by atoms with E-state index in [-0.39, 0.29) is 5.97 Å². The summed E-state index contributed by atoms with van der Waals surface area (Å²) in [7, 11) is 1.37. The van der Waals surface area contributed by atoms with Crippen LogP contribution in [0.2, 0.25) is 0 Å². The van der Waals surface area contributed by atoms with Crippen molar-refractivity contribution < 1.29 is 9.53 Å². The van der Waals surface area contributed by atoms with Gasteiger partial charge in [-0.1, -0.05) is 42.5 Å². The molecule has 1 rings (SSSR count). The van der Waals surface area contributed by atoms with Crippen LogP contribution < -0.4 is 0 Å². The molecule has 0 aliphatic rings. The minimum atomic E-state index is -0.330. The zero-order valence-corrected chi connectivity index (χ0v) is 8.01. The van der Waals surface area contributed by atoms with Gasteiger partial charge in [-0.25, -0.2) is 4.79 Å². The fraction of sp³-hybridized carbons (Fsp3) is 0.0833. The van der Waals surface area contributed by atoms with E-state index in [0.29, 0.717) is 5.56 Å². The van der Waals surface area contributed by atoms with Gasteiger partial charge < -0.3 is 4.74 Å². The second kappa shape index (κ2) is 5.75. The van der Waals surface area contributed by atoms with Gasteiger partial charge in [-0.15, -0.1) is 0 Å². The fourth-order valence-electron chi connectivity index (χ4n) is 0.949. The van der Waals surface area contributed by atoms with Crippen LogP contribution >= 0.6 is 0 Å². The van der Waals surface area contributed by atoms with E-state index in [1.807, 2.05) is 30.3 Å². The first kappa shape index (κ1) is 10.3. The normalized spacial score (nSPS) is 8.64. The number of rotatable bonds is 1. The predicted octanol–water partition coefficient (Wildman–Crippen LogP) is 2.60. The van der Waals surface area contributed by atoms with Crippen LogP contribution in [0.15, 0.2) is 54.6 Å². The minimum Gasteiger partial charge on any atom is -0.465 e. The lowest BCUT2D eigenvalue weighted by Gasteiger charge is -1.94. The summed E-state index contributed by atoms with van der Waals surface area (Å²) >= 11 is 0. The van der Waals surface area contributed by atoms with Crippen molar-refractivity contribution >= 4 is 5.97 Å². The second-order valence-corrected chi connectivity index (χ2v) is 2.63. The van der Waals surface area contributed by atoms with E-state index in [1.54, 1.807) is 24.3 Å². The van der Waals surface area contributed by atoms with Crippen molar-refractivity contribution in [3.05, 3.63) is 60.2 Å². The van der Waals surface area contributed by atoms with Gasteiger partial charge in [0.25, 0.3) is 0 Å². The molecule has 1 aromatic rings. The van der Waals surface area contributed by atoms with Crippen molar-refractivity contribution in [2.75, 3.05) is 7.11 Å². The van der Waals surface area contributed by atoms with E-state index in [9.17, 15) is 4.79 Å². The number of carbonyl (C=O) groups is 1. The average molecular weight is 188 g/mol. The molecule has 0 saturated heterocycles. The van der Waals surface area contributed by atoms with Crippen LogP contribution in [-0.2, 0) is 4.74 Å². The van der Waals surface area contributed by atoms with Gasteiger partial charge in [0.15, 0.2) is 0 Å². The Morgan fingerprint density at radius 3 is 1.79 bits per heavy atom. The Morgan fingerprint density at radius 2 is 1.36 bits per heavy atom. The van der Waals surface area contributed by atoms with Gasteiger partial charge in [0.1, 0.15) is 0 Å². The summed E-state index contributed by atoms with van der Waals surface area (Å²) < 4.78 is 4.62. The number of esters is 1. The summed E-state index contributed by atoms with van der Waals surface area (Å²) in [6.45, 7) is 0. The third kappa shape index (κ3) is 3.27. The molecule has 0 N–H and O–H groups in total. The van der Waals surface area contributed by atoms with Crippen LogP contribution in [0.25, 0.3) is 0 Å². The lowest BCUT2D eigenvalue weighted by atomic mass is 10.2. The first-order chi connectivity index (χ1) is 6.84. The van der Waals surface area contributed by atoms with E-state index in [4.69, 9.17) is 0 Å². The number of methoxy groups -OCH3 is 1. The molecule has 0 amide bonds. The van der Waals surface area contributed by atoms with E-state index >= 15 is 0 Å². The molecule has 0 fully saturated rings. The molecule has 0 spiro atoms. The Morgan fingerprint density at radius 1 is 0.929 bits per heavy atom. The molecule has 0 aliphatic heterocycles. The van der Waals surface area contributed by atoms with Crippen LogP contribution in [0, 0.1) is 0 Å². The van der Waals surface area contributed by atoms with Crippen molar-refractivity contribution in [3.8, 4) is 0 Å². The summed E-state index contributed by atoms with van der Waals surface area (Å²) in [6, 6.07) is 16.4. The molecule has 0 atom stereocenters. The molecule has 0 aliphatic carbocycles. The minimum absolute atomic E-state index is 0.330. The Kier molecular flexibility index (Phi) is 4.21. The summed E-state index contributed by atoms with van der Waals surface area (Å²) in [5, 5.41) is 0. The van der Waals surface area contributed by atoms with Crippen LogP contribution in [0.5, 0.6) is 0 Å². The first-order valence-corrected chi connectivity index (χ1v) is 4.31. The summed E-state index contributed by atoms with van der Waals surface area (Å²) in [5.74, 6) is -0.330. The van der Waals surface area contributed by atoms with Crippen molar-refractivity contribution in [2.24, 2.45) is 0 Å². The zero-order valence-electron chi connectivity index (χ0n) is 8.01. The highest BCUT2D eigenvalue weighted by atomic mass is 16.5. The summed E-state index contributed by atoms with van der Waals surface area (Å²) in [4.78, 5) is 11.2. The fourth-order valence-corrected chi connectivity index (χ4v) is 0.949. The maximum atomic E-state index is 11.2.